The molecule has 3 fully saturated rings. The van der Waals surface area contributed by atoms with Crippen molar-refractivity contribution in [2.24, 2.45) is 29.6 Å². The first-order valence-corrected chi connectivity index (χ1v) is 26.2. The third-order valence-electron chi connectivity index (χ3n) is 16.5. The van der Waals surface area contributed by atoms with Gasteiger partial charge < -0.3 is 74.4 Å². The molecule has 0 aliphatic carbocycles. The Bertz CT molecular complexity index is 2130. The quantitative estimate of drug-likeness (QED) is 0.105. The van der Waals surface area contributed by atoms with E-state index in [2.05, 4.69) is 15.6 Å². The van der Waals surface area contributed by atoms with Crippen molar-refractivity contribution in [1.82, 2.24) is 25.2 Å². The van der Waals surface area contributed by atoms with E-state index < -0.39 is 138 Å². The van der Waals surface area contributed by atoms with E-state index in [1.54, 1.807) is 79.1 Å². The van der Waals surface area contributed by atoms with Gasteiger partial charge >= 0.3 is 5.97 Å². The number of aliphatic hydroxyl groups is 7. The lowest BCUT2D eigenvalue weighted by Crippen LogP contribution is -2.62. The molecular weight excluding hydrogens is 963 g/mol. The van der Waals surface area contributed by atoms with Crippen LogP contribution in [0.1, 0.15) is 119 Å². The average Bonchev–Trinajstić information content (AvgIpc) is 3.85. The van der Waals surface area contributed by atoms with Gasteiger partial charge in [-0.3, -0.25) is 14.4 Å². The lowest BCUT2D eigenvalue weighted by Gasteiger charge is -2.52. The molecule has 2 aromatic rings. The molecule has 1 aromatic heterocycles. The molecule has 74 heavy (non-hydrogen) atoms. The van der Waals surface area contributed by atoms with Gasteiger partial charge in [-0.2, -0.15) is 0 Å². The first-order valence-electron chi connectivity index (χ1n) is 26.2. The van der Waals surface area contributed by atoms with Crippen molar-refractivity contribution >= 4 is 17.7 Å². The van der Waals surface area contributed by atoms with Crippen LogP contribution in [0.15, 0.2) is 30.5 Å². The number of hydrogen-bond donors (Lipinski definition) is 8. The summed E-state index contributed by atoms with van der Waals surface area (Å²) in [5, 5.41) is 88.6. The number of aromatic nitrogens is 3. The molecule has 0 radical (unpaired) electrons. The van der Waals surface area contributed by atoms with E-state index in [4.69, 9.17) is 28.4 Å². The third-order valence-corrected chi connectivity index (χ3v) is 16.5. The minimum Gasteiger partial charge on any atom is -0.459 e. The summed E-state index contributed by atoms with van der Waals surface area (Å²) in [7, 11) is 4.74. The van der Waals surface area contributed by atoms with Crippen molar-refractivity contribution in [3.8, 4) is 5.69 Å². The molecule has 420 valence electrons. The van der Waals surface area contributed by atoms with E-state index in [1.165, 1.54) is 32.7 Å². The highest BCUT2D eigenvalue weighted by atomic mass is 16.7. The van der Waals surface area contributed by atoms with Crippen LogP contribution in [0.25, 0.3) is 5.69 Å². The van der Waals surface area contributed by atoms with E-state index in [1.807, 2.05) is 18.7 Å². The Morgan fingerprint density at radius 1 is 0.946 bits per heavy atom. The molecule has 21 heteroatoms. The van der Waals surface area contributed by atoms with Crippen molar-refractivity contribution < 1.29 is 78.6 Å². The van der Waals surface area contributed by atoms with Crippen molar-refractivity contribution in [3.05, 3.63) is 41.7 Å². The van der Waals surface area contributed by atoms with Crippen LogP contribution in [0.5, 0.6) is 0 Å². The van der Waals surface area contributed by atoms with E-state index in [9.17, 15) is 50.1 Å². The fourth-order valence-corrected chi connectivity index (χ4v) is 11.7. The van der Waals surface area contributed by atoms with E-state index in [-0.39, 0.29) is 44.6 Å². The second kappa shape index (κ2) is 25.7. The summed E-state index contributed by atoms with van der Waals surface area (Å²) in [4.78, 5) is 44.2. The van der Waals surface area contributed by atoms with Crippen LogP contribution in [-0.2, 0) is 49.2 Å². The Hall–Kier alpha value is -3.55. The number of ketones is 1. The van der Waals surface area contributed by atoms with Gasteiger partial charge in [0.15, 0.2) is 6.29 Å². The summed E-state index contributed by atoms with van der Waals surface area (Å²) in [6.07, 6.45) is -8.13. The summed E-state index contributed by atoms with van der Waals surface area (Å²) in [5.74, 6) is -5.86. The highest BCUT2D eigenvalue weighted by molar-refractivity contribution is 5.83. The minimum absolute atomic E-state index is 0.0389. The van der Waals surface area contributed by atoms with Crippen LogP contribution >= 0.6 is 0 Å². The molecule has 1 aromatic carbocycles. The Balaban J connectivity index is 1.41. The van der Waals surface area contributed by atoms with Crippen LogP contribution in [0.3, 0.4) is 0 Å². The second-order valence-electron chi connectivity index (χ2n) is 22.0. The predicted molar refractivity (Wildman–Crippen MR) is 269 cm³/mol. The molecule has 8 N–H and O–H groups in total. The molecule has 20 atom stereocenters. The number of hydrogen-bond acceptors (Lipinski definition) is 19. The molecule has 3 aliphatic rings. The number of methoxy groups -OCH3 is 2. The molecule has 3 saturated heterocycles. The molecule has 5 rings (SSSR count). The maximum absolute atomic E-state index is 14.6. The number of amides is 1. The average molecular weight is 1050 g/mol. The number of carbonyl (C=O) groups excluding carboxylic acids is 3. The second-order valence-corrected chi connectivity index (χ2v) is 22.0. The Morgan fingerprint density at radius 2 is 1.59 bits per heavy atom. The number of ether oxygens (including phenoxy) is 6. The highest BCUT2D eigenvalue weighted by Gasteiger charge is 2.56. The SMILES string of the molecule is CC[C@H]1OC(=O)[C@H](C)C([C@H]2C[C@@](C)(OC)[C@@H](O)[C@H](C)O2)[C@H](C)[C@@H](O[C@@H]2O[C@H](C)C[C@H](N(C)CCC(=O)N[C@H](CO)[C@H](O)c3ccc(-n4cc(CCO)nn4)cc3)[C@H]2O)[C@](C)(OC)C[C@@H](C)C(=O)[C@H](C)[C@@H](O)[C@]1(C)O. The van der Waals surface area contributed by atoms with E-state index in [0.29, 0.717) is 29.8 Å². The van der Waals surface area contributed by atoms with Crippen LogP contribution in [0, 0.1) is 29.6 Å². The highest BCUT2D eigenvalue weighted by Crippen LogP contribution is 2.46. The van der Waals surface area contributed by atoms with Crippen LogP contribution in [0.2, 0.25) is 0 Å². The number of Topliss-reactive ketones (excluding diaryl/α,β-unsaturated/α-hetero) is 1. The molecule has 4 heterocycles. The summed E-state index contributed by atoms with van der Waals surface area (Å²) in [5.41, 5.74) is -2.75. The van der Waals surface area contributed by atoms with Crippen molar-refractivity contribution in [1.29, 1.82) is 0 Å². The number of nitrogens with one attached hydrogen (secondary N) is 1. The topological polar surface area (TPSA) is 294 Å². The number of aliphatic hydroxyl groups excluding tert-OH is 6. The minimum atomic E-state index is -2.01. The number of esters is 1. The van der Waals surface area contributed by atoms with Gasteiger partial charge in [-0.15, -0.1) is 5.10 Å². The van der Waals surface area contributed by atoms with Crippen molar-refractivity contribution in [2.45, 2.75) is 198 Å². The monoisotopic (exact) mass is 1050 g/mol. The van der Waals surface area contributed by atoms with Gasteiger partial charge in [0.25, 0.3) is 0 Å². The molecule has 3 aliphatic heterocycles. The Kier molecular flexibility index (Phi) is 21.3. The fourth-order valence-electron chi connectivity index (χ4n) is 11.7. The van der Waals surface area contributed by atoms with Gasteiger partial charge in [-0.05, 0) is 84.5 Å². The number of nitrogens with zero attached hydrogens (tertiary/aromatic N) is 4. The number of cyclic esters (lactones) is 1. The maximum atomic E-state index is 14.6. The molecule has 21 nitrogen and oxygen atoms in total. The van der Waals surface area contributed by atoms with Gasteiger partial charge in [0, 0.05) is 70.4 Å². The van der Waals surface area contributed by atoms with Gasteiger partial charge in [0.05, 0.1) is 77.9 Å². The molecule has 1 amide bonds. The maximum Gasteiger partial charge on any atom is 0.309 e. The largest absolute Gasteiger partial charge is 0.459 e. The number of likely N-dealkylation sites (N-methyl/N-ethyl adjacent to an activating group) is 1. The smallest absolute Gasteiger partial charge is 0.309 e. The zero-order chi connectivity index (χ0) is 55.2. The van der Waals surface area contributed by atoms with Crippen molar-refractivity contribution in [3.63, 3.8) is 0 Å². The number of benzene rings is 1. The van der Waals surface area contributed by atoms with Crippen LogP contribution in [-0.4, -0.2) is 198 Å². The van der Waals surface area contributed by atoms with Crippen LogP contribution in [0.4, 0.5) is 0 Å². The Labute approximate surface area is 436 Å². The number of carbonyl (C=O) groups is 3. The zero-order valence-corrected chi connectivity index (χ0v) is 45.7. The lowest BCUT2D eigenvalue weighted by atomic mass is 9.67. The zero-order valence-electron chi connectivity index (χ0n) is 45.7. The van der Waals surface area contributed by atoms with Crippen molar-refractivity contribution in [2.75, 3.05) is 41.0 Å². The van der Waals surface area contributed by atoms with Gasteiger partial charge in [-0.25, -0.2) is 4.68 Å². The van der Waals surface area contributed by atoms with Gasteiger partial charge in [-0.1, -0.05) is 52.0 Å². The van der Waals surface area contributed by atoms with E-state index >= 15 is 0 Å². The number of rotatable bonds is 17. The van der Waals surface area contributed by atoms with Gasteiger partial charge in [0.2, 0.25) is 5.91 Å². The summed E-state index contributed by atoms with van der Waals surface area (Å²) < 4.78 is 40.0. The lowest BCUT2D eigenvalue weighted by molar-refractivity contribution is -0.305. The normalized spacial score (nSPS) is 38.7. The molecule has 0 bridgehead atoms. The summed E-state index contributed by atoms with van der Waals surface area (Å²) >= 11 is 0. The molecular formula is C53H87N5O16. The van der Waals surface area contributed by atoms with E-state index in [0.717, 1.165) is 0 Å². The predicted octanol–water partition coefficient (Wildman–Crippen LogP) is 1.80. The summed E-state index contributed by atoms with van der Waals surface area (Å²) in [6, 6.07) is 5.09. The van der Waals surface area contributed by atoms with Gasteiger partial charge in [0.1, 0.15) is 35.8 Å². The molecule has 0 saturated carbocycles. The fraction of sp³-hybridized carbons (Fsp3) is 0.792. The standard InChI is InChI=1S/C53H87N5O16/c1-14-40-53(10,68)46(65)32(6)43(62)28(2)24-52(9,70-13)48(30(4)42(31(5)49(67)73-40)39-25-51(8,69-12)47(66)33(7)72-39)74-50-45(64)38(23-29(3)71-50)57(11)21-19-41(61)54-37(27-60)44(63)34-15-17-36(18-16-34)58-26-35(20-22-59)55-56-58/h15-18,26,28-33,37-40,42,44-48,50,59-60,63-66,68H,14,19-25,27H2,1-13H3,(H,54,61)/t28-,29-,30+,31-,32+,33+,37-,38+,39-,40-,42?,44-,45-,46-,47+,48-,50+,51-,52-,53-/m1/s1. The third kappa shape index (κ3) is 13.6. The first kappa shape index (κ1) is 61.3. The molecule has 0 spiro atoms. The molecule has 1 unspecified atom stereocenters. The Morgan fingerprint density at radius 3 is 2.19 bits per heavy atom. The first-order chi connectivity index (χ1) is 34.7. The van der Waals surface area contributed by atoms with Crippen LogP contribution < -0.4 is 5.32 Å². The summed E-state index contributed by atoms with van der Waals surface area (Å²) in [6.45, 7) is 16.5.